The third-order valence-electron chi connectivity index (χ3n) is 3.65. The van der Waals surface area contributed by atoms with Crippen LogP contribution in [0.4, 0.5) is 16.2 Å². The molecule has 0 aromatic heterocycles. The van der Waals surface area contributed by atoms with Crippen LogP contribution < -0.4 is 16.4 Å². The molecule has 2 amide bonds. The first-order chi connectivity index (χ1) is 13.0. The number of carbonyl (C=O) groups excluding carboxylic acids is 2. The fraction of sp³-hybridized carbons (Fsp3) is 0.300. The zero-order valence-electron chi connectivity index (χ0n) is 15.9. The van der Waals surface area contributed by atoms with Gasteiger partial charge in [0.15, 0.2) is 0 Å². The summed E-state index contributed by atoms with van der Waals surface area (Å²) in [6, 6.07) is 11.9. The number of benzene rings is 2. The van der Waals surface area contributed by atoms with Crippen LogP contribution in [0.25, 0.3) is 0 Å². The quantitative estimate of drug-likeness (QED) is 0.365. The summed E-state index contributed by atoms with van der Waals surface area (Å²) in [4.78, 5) is 25.1. The molecule has 28 heavy (non-hydrogen) atoms. The molecule has 6 nitrogen and oxygen atoms in total. The van der Waals surface area contributed by atoms with Gasteiger partial charge in [0.2, 0.25) is 5.91 Å². The highest BCUT2D eigenvalue weighted by atomic mass is 127. The van der Waals surface area contributed by atoms with Gasteiger partial charge in [-0.2, -0.15) is 0 Å². The van der Waals surface area contributed by atoms with E-state index in [0.29, 0.717) is 17.8 Å². The van der Waals surface area contributed by atoms with Crippen molar-refractivity contribution in [2.45, 2.75) is 38.8 Å². The monoisotopic (exact) mass is 559 g/mol. The molecule has 0 spiro atoms. The van der Waals surface area contributed by atoms with E-state index in [2.05, 4.69) is 49.2 Å². The number of hydrogen-bond acceptors (Lipinski definition) is 4. The minimum absolute atomic E-state index is 0.299. The Hall–Kier alpha value is -1.81. The first kappa shape index (κ1) is 22.5. The van der Waals surface area contributed by atoms with Gasteiger partial charge >= 0.3 is 6.09 Å². The SMILES string of the molecule is CC(C)(C)OC(=O)N[C@@H](Cc1ccc(I)c(Br)c1)C(=O)Nc1ccccc1N. The summed E-state index contributed by atoms with van der Waals surface area (Å²) in [5.41, 5.74) is 7.08. The van der Waals surface area contributed by atoms with Crippen molar-refractivity contribution in [3.63, 3.8) is 0 Å². The van der Waals surface area contributed by atoms with Crippen LogP contribution >= 0.6 is 38.5 Å². The number of alkyl carbamates (subject to hydrolysis) is 1. The number of carbonyl (C=O) groups is 2. The van der Waals surface area contributed by atoms with E-state index in [1.165, 1.54) is 0 Å². The number of nitrogen functional groups attached to an aromatic ring is 1. The molecule has 150 valence electrons. The highest BCUT2D eigenvalue weighted by Crippen LogP contribution is 2.22. The molecule has 2 aromatic carbocycles. The minimum Gasteiger partial charge on any atom is -0.444 e. The lowest BCUT2D eigenvalue weighted by Crippen LogP contribution is -2.47. The van der Waals surface area contributed by atoms with Crippen LogP contribution in [0.5, 0.6) is 0 Å². The molecule has 0 unspecified atom stereocenters. The smallest absolute Gasteiger partial charge is 0.408 e. The van der Waals surface area contributed by atoms with Gasteiger partial charge in [0.25, 0.3) is 0 Å². The number of amides is 2. The summed E-state index contributed by atoms with van der Waals surface area (Å²) in [5.74, 6) is -0.376. The highest BCUT2D eigenvalue weighted by molar-refractivity contribution is 14.1. The Morgan fingerprint density at radius 1 is 1.21 bits per heavy atom. The lowest BCUT2D eigenvalue weighted by molar-refractivity contribution is -0.118. The van der Waals surface area contributed by atoms with Gasteiger partial charge < -0.3 is 21.1 Å². The van der Waals surface area contributed by atoms with E-state index in [4.69, 9.17) is 10.5 Å². The Bertz CT molecular complexity index is 868. The second kappa shape index (κ2) is 9.60. The van der Waals surface area contributed by atoms with Crippen LogP contribution in [0, 0.1) is 3.57 Å². The van der Waals surface area contributed by atoms with Gasteiger partial charge in [0, 0.05) is 14.5 Å². The molecule has 2 aromatic rings. The molecule has 0 bridgehead atoms. The van der Waals surface area contributed by atoms with Crippen molar-refractivity contribution in [3.05, 3.63) is 56.1 Å². The molecule has 0 fully saturated rings. The Morgan fingerprint density at radius 3 is 2.50 bits per heavy atom. The fourth-order valence-corrected chi connectivity index (χ4v) is 3.15. The molecule has 0 saturated carbocycles. The lowest BCUT2D eigenvalue weighted by atomic mass is 10.1. The van der Waals surface area contributed by atoms with Crippen molar-refractivity contribution < 1.29 is 14.3 Å². The van der Waals surface area contributed by atoms with Gasteiger partial charge in [-0.25, -0.2) is 4.79 Å². The van der Waals surface area contributed by atoms with Crippen molar-refractivity contribution in [2.24, 2.45) is 0 Å². The molecule has 0 aliphatic carbocycles. The summed E-state index contributed by atoms with van der Waals surface area (Å²) in [6.45, 7) is 5.30. The van der Waals surface area contributed by atoms with E-state index >= 15 is 0 Å². The van der Waals surface area contributed by atoms with Crippen molar-refractivity contribution in [1.29, 1.82) is 0 Å². The van der Waals surface area contributed by atoms with Crippen molar-refractivity contribution in [1.82, 2.24) is 5.32 Å². The number of nitrogens with two attached hydrogens (primary N) is 1. The summed E-state index contributed by atoms with van der Waals surface area (Å²) in [5, 5.41) is 5.44. The molecule has 0 aliphatic rings. The van der Waals surface area contributed by atoms with Gasteiger partial charge in [0.1, 0.15) is 11.6 Å². The molecule has 1 atom stereocenters. The topological polar surface area (TPSA) is 93.4 Å². The average molecular weight is 560 g/mol. The Labute approximate surface area is 186 Å². The third kappa shape index (κ3) is 6.97. The molecule has 4 N–H and O–H groups in total. The minimum atomic E-state index is -0.832. The van der Waals surface area contributed by atoms with Crippen LogP contribution in [0.3, 0.4) is 0 Å². The van der Waals surface area contributed by atoms with E-state index in [1.807, 2.05) is 18.2 Å². The number of nitrogens with one attached hydrogen (secondary N) is 2. The number of ether oxygens (including phenoxy) is 1. The Kier molecular flexibility index (Phi) is 7.70. The van der Waals surface area contributed by atoms with Gasteiger partial charge in [-0.15, -0.1) is 0 Å². The maximum absolute atomic E-state index is 12.9. The van der Waals surface area contributed by atoms with Gasteiger partial charge in [-0.05, 0) is 89.1 Å². The summed E-state index contributed by atoms with van der Waals surface area (Å²) < 4.78 is 7.29. The Balaban J connectivity index is 2.21. The largest absolute Gasteiger partial charge is 0.444 e. The van der Waals surface area contributed by atoms with Crippen LogP contribution in [0.1, 0.15) is 26.3 Å². The second-order valence-electron chi connectivity index (χ2n) is 7.23. The molecular weight excluding hydrogens is 537 g/mol. The van der Waals surface area contributed by atoms with Crippen molar-refractivity contribution >= 4 is 61.9 Å². The molecule has 0 radical (unpaired) electrons. The van der Waals surface area contributed by atoms with Crippen molar-refractivity contribution in [2.75, 3.05) is 11.1 Å². The second-order valence-corrected chi connectivity index (χ2v) is 9.24. The molecule has 8 heteroatoms. The molecule has 2 rings (SSSR count). The van der Waals surface area contributed by atoms with E-state index in [1.54, 1.807) is 45.0 Å². The van der Waals surface area contributed by atoms with Crippen molar-refractivity contribution in [3.8, 4) is 0 Å². The first-order valence-electron chi connectivity index (χ1n) is 8.64. The molecule has 0 saturated heterocycles. The van der Waals surface area contributed by atoms with E-state index in [0.717, 1.165) is 13.6 Å². The number of rotatable bonds is 5. The van der Waals surface area contributed by atoms with Gasteiger partial charge in [-0.1, -0.05) is 18.2 Å². The number of halogens is 2. The maximum Gasteiger partial charge on any atom is 0.408 e. The number of anilines is 2. The normalized spacial score (nSPS) is 12.2. The summed E-state index contributed by atoms with van der Waals surface area (Å²) in [7, 11) is 0. The van der Waals surface area contributed by atoms with Crippen LogP contribution in [0.2, 0.25) is 0 Å². The molecular formula is C20H23BrIN3O3. The first-order valence-corrected chi connectivity index (χ1v) is 10.5. The van der Waals surface area contributed by atoms with Gasteiger partial charge in [-0.3, -0.25) is 4.79 Å². The summed E-state index contributed by atoms with van der Waals surface area (Å²) >= 11 is 5.70. The third-order valence-corrected chi connectivity index (χ3v) is 5.99. The standard InChI is InChI=1S/C20H23BrIN3O3/c1-20(2,3)28-19(27)25-17(11-12-8-9-14(22)13(21)10-12)18(26)24-16-7-5-4-6-15(16)23/h4-10,17H,11,23H2,1-3H3,(H,24,26)(H,25,27)/t17-/m0/s1. The summed E-state index contributed by atoms with van der Waals surface area (Å²) in [6.07, 6.45) is -0.355. The predicted molar refractivity (Wildman–Crippen MR) is 123 cm³/mol. The van der Waals surface area contributed by atoms with Crippen LogP contribution in [-0.2, 0) is 16.0 Å². The van der Waals surface area contributed by atoms with E-state index < -0.39 is 17.7 Å². The highest BCUT2D eigenvalue weighted by Gasteiger charge is 2.25. The maximum atomic E-state index is 12.9. The predicted octanol–water partition coefficient (Wildman–Crippen LogP) is 4.71. The van der Waals surface area contributed by atoms with Crippen LogP contribution in [-0.4, -0.2) is 23.6 Å². The zero-order chi connectivity index (χ0) is 20.9. The van der Waals surface area contributed by atoms with Crippen LogP contribution in [0.15, 0.2) is 46.9 Å². The fourth-order valence-electron chi connectivity index (χ4n) is 2.39. The molecule has 0 heterocycles. The Morgan fingerprint density at radius 2 is 1.89 bits per heavy atom. The average Bonchev–Trinajstić information content (AvgIpc) is 2.58. The lowest BCUT2D eigenvalue weighted by Gasteiger charge is -2.23. The number of hydrogen-bond donors (Lipinski definition) is 3. The zero-order valence-corrected chi connectivity index (χ0v) is 19.6. The molecule has 0 aliphatic heterocycles. The number of para-hydroxylation sites is 2. The van der Waals surface area contributed by atoms with Gasteiger partial charge in [0.05, 0.1) is 11.4 Å². The van der Waals surface area contributed by atoms with E-state index in [-0.39, 0.29) is 5.91 Å². The van der Waals surface area contributed by atoms with E-state index in [9.17, 15) is 9.59 Å².